The fourth-order valence-electron chi connectivity index (χ4n) is 3.76. The number of nitrogens with zero attached hydrogens (tertiary/aromatic N) is 3. The molecule has 23 heavy (non-hydrogen) atoms. The maximum absolute atomic E-state index is 10.3. The Morgan fingerprint density at radius 1 is 1.39 bits per heavy atom. The molecule has 1 spiro atoms. The van der Waals surface area contributed by atoms with Crippen molar-refractivity contribution in [2.75, 3.05) is 43.6 Å². The maximum Gasteiger partial charge on any atom is 0.227 e. The van der Waals surface area contributed by atoms with Crippen LogP contribution in [0.5, 0.6) is 0 Å². The molecule has 0 radical (unpaired) electrons. The molecule has 3 rings (SSSR count). The molecule has 0 aromatic carbocycles. The summed E-state index contributed by atoms with van der Waals surface area (Å²) >= 11 is 0. The molecular weight excluding hydrogens is 296 g/mol. The van der Waals surface area contributed by atoms with E-state index in [9.17, 15) is 5.11 Å². The van der Waals surface area contributed by atoms with Crippen LogP contribution in [0.15, 0.2) is 6.07 Å². The number of piperidine rings is 1. The number of hydrogen-bond donors (Lipinski definition) is 3. The summed E-state index contributed by atoms with van der Waals surface area (Å²) < 4.78 is 5.72. The average Bonchev–Trinajstić information content (AvgIpc) is 2.58. The van der Waals surface area contributed by atoms with E-state index in [1.165, 1.54) is 0 Å². The number of aryl methyl sites for hydroxylation is 1. The van der Waals surface area contributed by atoms with E-state index in [0.717, 1.165) is 43.4 Å². The fourth-order valence-corrected chi connectivity index (χ4v) is 3.76. The average molecular weight is 322 g/mol. The van der Waals surface area contributed by atoms with Gasteiger partial charge in [-0.15, -0.1) is 0 Å². The van der Waals surface area contributed by atoms with Crippen LogP contribution in [-0.2, 0) is 4.74 Å². The van der Waals surface area contributed by atoms with Crippen molar-refractivity contribution < 1.29 is 14.9 Å². The van der Waals surface area contributed by atoms with Gasteiger partial charge in [0.1, 0.15) is 5.82 Å². The van der Waals surface area contributed by atoms with Crippen molar-refractivity contribution in [1.29, 1.82) is 0 Å². The fraction of sp³-hybridized carbons (Fsp3) is 0.750. The second kappa shape index (κ2) is 6.59. The van der Waals surface area contributed by atoms with E-state index in [2.05, 4.69) is 20.2 Å². The Hall–Kier alpha value is -1.44. The van der Waals surface area contributed by atoms with E-state index in [4.69, 9.17) is 9.84 Å². The van der Waals surface area contributed by atoms with E-state index in [1.807, 2.05) is 20.0 Å². The van der Waals surface area contributed by atoms with Crippen molar-refractivity contribution in [2.45, 2.75) is 38.4 Å². The van der Waals surface area contributed by atoms with Gasteiger partial charge < -0.3 is 25.2 Å². The molecule has 7 heteroatoms. The lowest BCUT2D eigenvalue weighted by atomic mass is 9.58. The molecule has 0 unspecified atom stereocenters. The number of aromatic nitrogens is 2. The number of hydrogen-bond acceptors (Lipinski definition) is 7. The number of aliphatic hydroxyl groups is 2. The molecule has 2 fully saturated rings. The zero-order valence-electron chi connectivity index (χ0n) is 13.8. The summed E-state index contributed by atoms with van der Waals surface area (Å²) in [5, 5.41) is 22.3. The molecule has 1 aromatic heterocycles. The van der Waals surface area contributed by atoms with Crippen LogP contribution < -0.4 is 10.2 Å². The van der Waals surface area contributed by atoms with Crippen molar-refractivity contribution in [3.63, 3.8) is 0 Å². The molecule has 1 aromatic rings. The first-order chi connectivity index (χ1) is 11.1. The van der Waals surface area contributed by atoms with Crippen LogP contribution in [0.25, 0.3) is 0 Å². The van der Waals surface area contributed by atoms with Gasteiger partial charge in [-0.05, 0) is 19.8 Å². The highest BCUT2D eigenvalue weighted by atomic mass is 16.5. The molecular formula is C16H26N4O3. The summed E-state index contributed by atoms with van der Waals surface area (Å²) in [7, 11) is 1.85. The summed E-state index contributed by atoms with van der Waals surface area (Å²) in [5.41, 5.74) is 0.772. The molecule has 1 saturated heterocycles. The minimum Gasteiger partial charge on any atom is -0.394 e. The highest BCUT2D eigenvalue weighted by Crippen LogP contribution is 2.51. The van der Waals surface area contributed by atoms with Gasteiger partial charge >= 0.3 is 0 Å². The standard InChI is InChI=1S/C16H26N4O3/c1-11-9-14(17-2)19-15(18-11)20-5-3-16(4-6-20)12(22)10-13(16)23-8-7-21/h9,12-13,21-22H,3-8,10H2,1-2H3,(H,17,18,19)/t12-,13+/m0/s1. The van der Waals surface area contributed by atoms with E-state index >= 15 is 0 Å². The Kier molecular flexibility index (Phi) is 4.70. The summed E-state index contributed by atoms with van der Waals surface area (Å²) in [5.74, 6) is 1.56. The SMILES string of the molecule is CNc1cc(C)nc(N2CCC3(CC2)[C@@H](O)C[C@H]3OCCO)n1. The summed E-state index contributed by atoms with van der Waals surface area (Å²) in [6.45, 7) is 3.95. The molecule has 3 N–H and O–H groups in total. The lowest BCUT2D eigenvalue weighted by Crippen LogP contribution is -2.62. The molecule has 2 aliphatic rings. The normalized spacial score (nSPS) is 26.2. The van der Waals surface area contributed by atoms with Crippen LogP contribution in [0.4, 0.5) is 11.8 Å². The van der Waals surface area contributed by atoms with Gasteiger partial charge in [0.15, 0.2) is 0 Å². The number of aliphatic hydroxyl groups excluding tert-OH is 2. The van der Waals surface area contributed by atoms with E-state index < -0.39 is 0 Å². The summed E-state index contributed by atoms with van der Waals surface area (Å²) in [4.78, 5) is 11.2. The topological polar surface area (TPSA) is 90.7 Å². The molecule has 128 valence electrons. The zero-order chi connectivity index (χ0) is 16.4. The quantitative estimate of drug-likeness (QED) is 0.729. The first-order valence-corrected chi connectivity index (χ1v) is 8.28. The molecule has 7 nitrogen and oxygen atoms in total. The lowest BCUT2D eigenvalue weighted by molar-refractivity contribution is -0.203. The number of ether oxygens (including phenoxy) is 1. The number of anilines is 2. The first kappa shape index (κ1) is 16.4. The van der Waals surface area contributed by atoms with Gasteiger partial charge in [0, 0.05) is 43.7 Å². The van der Waals surface area contributed by atoms with Crippen molar-refractivity contribution in [2.24, 2.45) is 5.41 Å². The van der Waals surface area contributed by atoms with E-state index in [0.29, 0.717) is 13.0 Å². The van der Waals surface area contributed by atoms with Gasteiger partial charge in [-0.2, -0.15) is 4.98 Å². The molecule has 2 atom stereocenters. The van der Waals surface area contributed by atoms with Gasteiger partial charge in [-0.1, -0.05) is 0 Å². The van der Waals surface area contributed by atoms with Crippen LogP contribution in [0.3, 0.4) is 0 Å². The number of nitrogens with one attached hydrogen (secondary N) is 1. The van der Waals surface area contributed by atoms with Gasteiger partial charge in [0.2, 0.25) is 5.95 Å². The monoisotopic (exact) mass is 322 g/mol. The third kappa shape index (κ3) is 3.00. The predicted octanol–water partition coefficient (Wildman–Crippen LogP) is 0.555. The maximum atomic E-state index is 10.3. The Morgan fingerprint density at radius 3 is 2.74 bits per heavy atom. The highest BCUT2D eigenvalue weighted by molar-refractivity contribution is 5.43. The molecule has 1 saturated carbocycles. The highest BCUT2D eigenvalue weighted by Gasteiger charge is 2.56. The van der Waals surface area contributed by atoms with Gasteiger partial charge in [0.25, 0.3) is 0 Å². The Balaban J connectivity index is 1.67. The van der Waals surface area contributed by atoms with Crippen molar-refractivity contribution in [3.8, 4) is 0 Å². The Bertz CT molecular complexity index is 546. The van der Waals surface area contributed by atoms with Gasteiger partial charge in [0.05, 0.1) is 25.4 Å². The van der Waals surface area contributed by atoms with Crippen LogP contribution in [-0.4, -0.2) is 65.7 Å². The van der Waals surface area contributed by atoms with Crippen molar-refractivity contribution in [1.82, 2.24) is 9.97 Å². The van der Waals surface area contributed by atoms with Crippen LogP contribution in [0, 0.1) is 12.3 Å². The van der Waals surface area contributed by atoms with Gasteiger partial charge in [-0.25, -0.2) is 4.98 Å². The molecule has 0 amide bonds. The van der Waals surface area contributed by atoms with Gasteiger partial charge in [-0.3, -0.25) is 0 Å². The van der Waals surface area contributed by atoms with Crippen molar-refractivity contribution in [3.05, 3.63) is 11.8 Å². The van der Waals surface area contributed by atoms with Crippen molar-refractivity contribution >= 4 is 11.8 Å². The zero-order valence-corrected chi connectivity index (χ0v) is 13.8. The molecule has 1 aliphatic heterocycles. The second-order valence-electron chi connectivity index (χ2n) is 6.50. The lowest BCUT2D eigenvalue weighted by Gasteiger charge is -2.56. The third-order valence-corrected chi connectivity index (χ3v) is 5.23. The largest absolute Gasteiger partial charge is 0.394 e. The summed E-state index contributed by atoms with van der Waals surface area (Å²) in [6, 6.07) is 1.92. The minimum atomic E-state index is -0.306. The predicted molar refractivity (Wildman–Crippen MR) is 87.6 cm³/mol. The Morgan fingerprint density at radius 2 is 2.13 bits per heavy atom. The first-order valence-electron chi connectivity index (χ1n) is 8.28. The summed E-state index contributed by atoms with van der Waals surface area (Å²) in [6.07, 6.45) is 2.13. The number of rotatable bonds is 5. The third-order valence-electron chi connectivity index (χ3n) is 5.23. The van der Waals surface area contributed by atoms with E-state index in [-0.39, 0.29) is 24.2 Å². The Labute approximate surface area is 136 Å². The molecule has 2 heterocycles. The van der Waals surface area contributed by atoms with Crippen LogP contribution >= 0.6 is 0 Å². The van der Waals surface area contributed by atoms with Crippen LogP contribution in [0.1, 0.15) is 25.0 Å². The van der Waals surface area contributed by atoms with Crippen LogP contribution in [0.2, 0.25) is 0 Å². The van der Waals surface area contributed by atoms with E-state index in [1.54, 1.807) is 0 Å². The molecule has 1 aliphatic carbocycles. The minimum absolute atomic E-state index is 0.0265. The smallest absolute Gasteiger partial charge is 0.227 e. The molecule has 0 bridgehead atoms. The second-order valence-corrected chi connectivity index (χ2v) is 6.50.